The molecule has 21 heavy (non-hydrogen) atoms. The molecular formula is C20H15Br. The summed E-state index contributed by atoms with van der Waals surface area (Å²) in [5.74, 6) is 0.335. The quantitative estimate of drug-likeness (QED) is 0.500. The number of rotatable bonds is 1. The standard InChI is InChI=1S/C20H15Br/c1-13-12-18(20-15(13)9-5-11-19(20)21)17-10-4-7-14-6-2-3-8-16(14)17/h2-12,18H,1H3. The van der Waals surface area contributed by atoms with Gasteiger partial charge in [0.25, 0.3) is 0 Å². The molecule has 0 heterocycles. The lowest BCUT2D eigenvalue weighted by atomic mass is 9.89. The first-order chi connectivity index (χ1) is 10.3. The van der Waals surface area contributed by atoms with E-state index in [4.69, 9.17) is 0 Å². The Morgan fingerprint density at radius 2 is 1.62 bits per heavy atom. The van der Waals surface area contributed by atoms with E-state index in [0.29, 0.717) is 5.92 Å². The molecule has 3 aromatic carbocycles. The molecule has 4 rings (SSSR count). The van der Waals surface area contributed by atoms with Crippen LogP contribution >= 0.6 is 15.9 Å². The van der Waals surface area contributed by atoms with Gasteiger partial charge in [0.1, 0.15) is 0 Å². The van der Waals surface area contributed by atoms with Crippen molar-refractivity contribution >= 4 is 32.3 Å². The highest BCUT2D eigenvalue weighted by Crippen LogP contribution is 2.44. The van der Waals surface area contributed by atoms with Crippen LogP contribution in [0.4, 0.5) is 0 Å². The number of allylic oxidation sites excluding steroid dienone is 2. The van der Waals surface area contributed by atoms with Crippen molar-refractivity contribution in [1.29, 1.82) is 0 Å². The normalized spacial score (nSPS) is 16.9. The molecular weight excluding hydrogens is 320 g/mol. The van der Waals surface area contributed by atoms with E-state index in [2.05, 4.69) is 89.6 Å². The summed E-state index contributed by atoms with van der Waals surface area (Å²) >= 11 is 3.74. The van der Waals surface area contributed by atoms with Crippen LogP contribution in [0.2, 0.25) is 0 Å². The number of hydrogen-bond donors (Lipinski definition) is 0. The molecule has 0 spiro atoms. The summed E-state index contributed by atoms with van der Waals surface area (Å²) < 4.78 is 1.20. The molecule has 1 atom stereocenters. The molecule has 102 valence electrons. The van der Waals surface area contributed by atoms with Crippen LogP contribution in [0.1, 0.15) is 29.5 Å². The van der Waals surface area contributed by atoms with Crippen LogP contribution in [0.5, 0.6) is 0 Å². The first kappa shape index (κ1) is 12.8. The Morgan fingerprint density at radius 3 is 2.52 bits per heavy atom. The van der Waals surface area contributed by atoms with Crippen LogP contribution in [0, 0.1) is 0 Å². The Bertz CT molecular complexity index is 869. The van der Waals surface area contributed by atoms with Crippen LogP contribution < -0.4 is 0 Å². The summed E-state index contributed by atoms with van der Waals surface area (Å²) in [6.07, 6.45) is 2.39. The molecule has 1 unspecified atom stereocenters. The minimum Gasteiger partial charge on any atom is -0.0690 e. The maximum atomic E-state index is 3.74. The molecule has 0 amide bonds. The smallest absolute Gasteiger partial charge is 0.0298 e. The van der Waals surface area contributed by atoms with Gasteiger partial charge in [0.2, 0.25) is 0 Å². The van der Waals surface area contributed by atoms with Gasteiger partial charge in [-0.15, -0.1) is 0 Å². The van der Waals surface area contributed by atoms with E-state index in [9.17, 15) is 0 Å². The number of fused-ring (bicyclic) bond motifs is 2. The Hall–Kier alpha value is -1.86. The van der Waals surface area contributed by atoms with Crippen LogP contribution in [0.15, 0.2) is 71.2 Å². The van der Waals surface area contributed by atoms with Crippen LogP contribution in [-0.4, -0.2) is 0 Å². The number of hydrogen-bond acceptors (Lipinski definition) is 0. The molecule has 3 aromatic rings. The third kappa shape index (κ3) is 1.96. The van der Waals surface area contributed by atoms with E-state index >= 15 is 0 Å². The SMILES string of the molecule is CC1=CC(c2cccc3ccccc23)c2c(Br)cccc21. The van der Waals surface area contributed by atoms with Crippen molar-refractivity contribution in [3.63, 3.8) is 0 Å². The Morgan fingerprint density at radius 1 is 0.857 bits per heavy atom. The molecule has 0 nitrogen and oxygen atoms in total. The molecule has 0 aliphatic heterocycles. The molecule has 0 saturated heterocycles. The van der Waals surface area contributed by atoms with E-state index in [1.54, 1.807) is 0 Å². The van der Waals surface area contributed by atoms with Crippen molar-refractivity contribution < 1.29 is 0 Å². The maximum absolute atomic E-state index is 3.74. The van der Waals surface area contributed by atoms with E-state index in [1.807, 2.05) is 0 Å². The van der Waals surface area contributed by atoms with E-state index < -0.39 is 0 Å². The monoisotopic (exact) mass is 334 g/mol. The van der Waals surface area contributed by atoms with Crippen molar-refractivity contribution in [3.8, 4) is 0 Å². The van der Waals surface area contributed by atoms with Crippen LogP contribution in [0.3, 0.4) is 0 Å². The highest BCUT2D eigenvalue weighted by Gasteiger charge is 2.25. The minimum atomic E-state index is 0.335. The molecule has 1 aliphatic carbocycles. The third-order valence-corrected chi connectivity index (χ3v) is 5.06. The summed E-state index contributed by atoms with van der Waals surface area (Å²) in [6.45, 7) is 2.20. The van der Waals surface area contributed by atoms with Gasteiger partial charge in [0.05, 0.1) is 0 Å². The van der Waals surface area contributed by atoms with E-state index in [-0.39, 0.29) is 0 Å². The maximum Gasteiger partial charge on any atom is 0.0298 e. The Kier molecular flexibility index (Phi) is 2.97. The van der Waals surface area contributed by atoms with Gasteiger partial charge in [-0.05, 0) is 46.0 Å². The van der Waals surface area contributed by atoms with Crippen LogP contribution in [-0.2, 0) is 0 Å². The van der Waals surface area contributed by atoms with E-state index in [1.165, 1.54) is 37.5 Å². The van der Waals surface area contributed by atoms with E-state index in [0.717, 1.165) is 0 Å². The highest BCUT2D eigenvalue weighted by atomic mass is 79.9. The Labute approximate surface area is 133 Å². The second kappa shape index (κ2) is 4.85. The van der Waals surface area contributed by atoms with Gasteiger partial charge >= 0.3 is 0 Å². The molecule has 0 saturated carbocycles. The molecule has 0 N–H and O–H groups in total. The highest BCUT2D eigenvalue weighted by molar-refractivity contribution is 9.10. The van der Waals surface area contributed by atoms with Crippen molar-refractivity contribution in [2.24, 2.45) is 0 Å². The van der Waals surface area contributed by atoms with Crippen molar-refractivity contribution in [2.75, 3.05) is 0 Å². The van der Waals surface area contributed by atoms with Crippen molar-refractivity contribution in [1.82, 2.24) is 0 Å². The predicted molar refractivity (Wildman–Crippen MR) is 93.6 cm³/mol. The zero-order valence-electron chi connectivity index (χ0n) is 11.8. The van der Waals surface area contributed by atoms with Gasteiger partial charge in [0, 0.05) is 10.4 Å². The summed E-state index contributed by atoms with van der Waals surface area (Å²) in [7, 11) is 0. The van der Waals surface area contributed by atoms with Gasteiger partial charge in [-0.25, -0.2) is 0 Å². The largest absolute Gasteiger partial charge is 0.0690 e. The first-order valence-electron chi connectivity index (χ1n) is 7.20. The molecule has 0 fully saturated rings. The summed E-state index contributed by atoms with van der Waals surface area (Å²) in [5.41, 5.74) is 5.51. The molecule has 1 heteroatoms. The van der Waals surface area contributed by atoms with Gasteiger partial charge in [-0.2, -0.15) is 0 Å². The second-order valence-corrected chi connectivity index (χ2v) is 6.45. The summed E-state index contributed by atoms with van der Waals surface area (Å²) in [6, 6.07) is 21.7. The summed E-state index contributed by atoms with van der Waals surface area (Å²) in [5, 5.41) is 2.65. The average Bonchev–Trinajstić information content (AvgIpc) is 2.85. The Balaban J connectivity index is 2.00. The lowest BCUT2D eigenvalue weighted by molar-refractivity contribution is 1.05. The molecule has 0 aromatic heterocycles. The first-order valence-corrected chi connectivity index (χ1v) is 8.00. The summed E-state index contributed by atoms with van der Waals surface area (Å²) in [4.78, 5) is 0. The van der Waals surface area contributed by atoms with Gasteiger partial charge in [0.15, 0.2) is 0 Å². The number of benzene rings is 3. The van der Waals surface area contributed by atoms with Gasteiger partial charge < -0.3 is 0 Å². The second-order valence-electron chi connectivity index (χ2n) is 5.60. The van der Waals surface area contributed by atoms with Gasteiger partial charge in [-0.3, -0.25) is 0 Å². The van der Waals surface area contributed by atoms with Crippen LogP contribution in [0.25, 0.3) is 16.3 Å². The fraction of sp³-hybridized carbons (Fsp3) is 0.100. The van der Waals surface area contributed by atoms with Gasteiger partial charge in [-0.1, -0.05) is 76.6 Å². The lowest BCUT2D eigenvalue weighted by Gasteiger charge is -2.16. The zero-order valence-corrected chi connectivity index (χ0v) is 13.4. The van der Waals surface area contributed by atoms with Crippen molar-refractivity contribution in [2.45, 2.75) is 12.8 Å². The topological polar surface area (TPSA) is 0 Å². The minimum absolute atomic E-state index is 0.335. The fourth-order valence-corrected chi connectivity index (χ4v) is 4.00. The molecule has 0 bridgehead atoms. The van der Waals surface area contributed by atoms with Crippen molar-refractivity contribution in [3.05, 3.63) is 87.9 Å². The lowest BCUT2D eigenvalue weighted by Crippen LogP contribution is -1.98. The fourth-order valence-electron chi connectivity index (χ4n) is 3.39. The number of halogens is 1. The predicted octanol–water partition coefficient (Wildman–Crippen LogP) is 6.15. The zero-order chi connectivity index (χ0) is 14.4. The average molecular weight is 335 g/mol. The molecule has 0 radical (unpaired) electrons. The molecule has 1 aliphatic rings. The third-order valence-electron chi connectivity index (χ3n) is 4.36.